The molecule has 0 radical (unpaired) electrons. The van der Waals surface area contributed by atoms with Crippen LogP contribution in [-0.2, 0) is 14.8 Å². The molecule has 0 spiro atoms. The molecule has 1 heterocycles. The number of nitrogens with zero attached hydrogens (tertiary/aromatic N) is 2. The van der Waals surface area contributed by atoms with Crippen LogP contribution in [0.4, 0.5) is 21.5 Å². The van der Waals surface area contributed by atoms with E-state index in [4.69, 9.17) is 0 Å². The average molecular weight is 435 g/mol. The van der Waals surface area contributed by atoms with Crippen molar-refractivity contribution in [2.75, 3.05) is 16.2 Å². The van der Waals surface area contributed by atoms with E-state index in [9.17, 15) is 27.7 Å². The van der Waals surface area contributed by atoms with E-state index in [1.54, 1.807) is 5.38 Å². The number of halogens is 1. The first-order chi connectivity index (χ1) is 13.8. The second kappa shape index (κ2) is 8.37. The number of thiophene rings is 1. The lowest BCUT2D eigenvalue weighted by Gasteiger charge is -2.23. The molecule has 8 nitrogen and oxygen atoms in total. The van der Waals surface area contributed by atoms with E-state index in [0.29, 0.717) is 4.31 Å². The fraction of sp³-hybridized carbons (Fsp3) is 0.0556. The van der Waals surface area contributed by atoms with Crippen molar-refractivity contribution in [1.82, 2.24) is 0 Å². The average Bonchev–Trinajstić information content (AvgIpc) is 3.22. The van der Waals surface area contributed by atoms with Crippen molar-refractivity contribution in [3.8, 4) is 0 Å². The lowest BCUT2D eigenvalue weighted by molar-refractivity contribution is -0.384. The van der Waals surface area contributed by atoms with Gasteiger partial charge in [0.1, 0.15) is 16.6 Å². The van der Waals surface area contributed by atoms with Gasteiger partial charge in [0.2, 0.25) is 5.91 Å². The van der Waals surface area contributed by atoms with Crippen molar-refractivity contribution < 1.29 is 22.5 Å². The highest BCUT2D eigenvalue weighted by Gasteiger charge is 2.30. The van der Waals surface area contributed by atoms with Gasteiger partial charge in [-0.3, -0.25) is 19.2 Å². The summed E-state index contributed by atoms with van der Waals surface area (Å²) in [6.07, 6.45) is 0. The van der Waals surface area contributed by atoms with Crippen LogP contribution in [0.2, 0.25) is 0 Å². The van der Waals surface area contributed by atoms with Crippen molar-refractivity contribution >= 4 is 44.3 Å². The molecule has 1 amide bonds. The summed E-state index contributed by atoms with van der Waals surface area (Å²) in [4.78, 5) is 22.7. The Labute approximate surface area is 169 Å². The third-order valence-corrected chi connectivity index (χ3v) is 6.92. The summed E-state index contributed by atoms with van der Waals surface area (Å²) in [5.41, 5.74) is -0.402. The lowest BCUT2D eigenvalue weighted by Crippen LogP contribution is -2.38. The minimum atomic E-state index is -4.20. The molecule has 0 fully saturated rings. The Morgan fingerprint density at radius 1 is 1.14 bits per heavy atom. The smallest absolute Gasteiger partial charge is 0.274 e. The van der Waals surface area contributed by atoms with Crippen LogP contribution in [0.1, 0.15) is 0 Å². The number of anilines is 2. The second-order valence-corrected chi connectivity index (χ2v) is 8.79. The molecule has 0 aliphatic heterocycles. The number of hydrogen-bond acceptors (Lipinski definition) is 6. The number of carbonyl (C=O) groups excluding carboxylic acids is 1. The number of hydrogen-bond donors (Lipinski definition) is 1. The number of nitrogens with one attached hydrogen (secondary N) is 1. The molecule has 0 unspecified atom stereocenters. The van der Waals surface area contributed by atoms with Crippen LogP contribution >= 0.6 is 11.3 Å². The van der Waals surface area contributed by atoms with Gasteiger partial charge in [-0.25, -0.2) is 12.8 Å². The van der Waals surface area contributed by atoms with Gasteiger partial charge in [-0.05, 0) is 29.6 Å². The van der Waals surface area contributed by atoms with Gasteiger partial charge in [0.25, 0.3) is 15.7 Å². The van der Waals surface area contributed by atoms with Crippen LogP contribution in [0.15, 0.2) is 70.3 Å². The molecule has 0 saturated heterocycles. The van der Waals surface area contributed by atoms with Crippen molar-refractivity contribution in [1.29, 1.82) is 0 Å². The molecular weight excluding hydrogens is 421 g/mol. The predicted molar refractivity (Wildman–Crippen MR) is 107 cm³/mol. The highest BCUT2D eigenvalue weighted by molar-refractivity contribution is 7.94. The number of carbonyl (C=O) groups is 1. The molecule has 0 bridgehead atoms. The Morgan fingerprint density at radius 2 is 1.90 bits per heavy atom. The topological polar surface area (TPSA) is 110 Å². The Bertz CT molecular complexity index is 1150. The molecule has 1 aromatic heterocycles. The van der Waals surface area contributed by atoms with Gasteiger partial charge in [-0.15, -0.1) is 11.3 Å². The van der Waals surface area contributed by atoms with E-state index in [1.807, 2.05) is 0 Å². The van der Waals surface area contributed by atoms with Gasteiger partial charge in [0.05, 0.1) is 10.6 Å². The van der Waals surface area contributed by atoms with Crippen LogP contribution in [0, 0.1) is 15.9 Å². The Hall–Kier alpha value is -3.31. The summed E-state index contributed by atoms with van der Waals surface area (Å²) in [7, 11) is -4.20. The zero-order valence-electron chi connectivity index (χ0n) is 14.7. The molecule has 150 valence electrons. The molecule has 0 aliphatic carbocycles. The summed E-state index contributed by atoms with van der Waals surface area (Å²) < 4.78 is 40.9. The molecule has 0 saturated carbocycles. The summed E-state index contributed by atoms with van der Waals surface area (Å²) in [5.74, 6) is -1.59. The van der Waals surface area contributed by atoms with Crippen molar-refractivity contribution in [3.05, 3.63) is 82.0 Å². The maximum atomic E-state index is 14.3. The van der Waals surface area contributed by atoms with Gasteiger partial charge in [-0.1, -0.05) is 24.3 Å². The third kappa shape index (κ3) is 4.58. The predicted octanol–water partition coefficient (Wildman–Crippen LogP) is 3.63. The van der Waals surface area contributed by atoms with Crippen LogP contribution in [0.25, 0.3) is 0 Å². The monoisotopic (exact) mass is 435 g/mol. The zero-order chi connectivity index (χ0) is 21.0. The number of sulfonamides is 1. The van der Waals surface area contributed by atoms with E-state index < -0.39 is 33.2 Å². The number of benzene rings is 2. The fourth-order valence-electron chi connectivity index (χ4n) is 2.50. The minimum absolute atomic E-state index is 0.0519. The first-order valence-corrected chi connectivity index (χ1v) is 10.5. The third-order valence-electron chi connectivity index (χ3n) is 3.79. The summed E-state index contributed by atoms with van der Waals surface area (Å²) >= 11 is 0.936. The Kier molecular flexibility index (Phi) is 5.89. The molecule has 3 aromatic rings. The molecule has 3 rings (SSSR count). The van der Waals surface area contributed by atoms with E-state index in [1.165, 1.54) is 48.5 Å². The maximum Gasteiger partial charge on any atom is 0.274 e. The molecule has 2 aromatic carbocycles. The lowest BCUT2D eigenvalue weighted by atomic mass is 10.2. The summed E-state index contributed by atoms with van der Waals surface area (Å²) in [5, 5.41) is 14.8. The number of non-ortho nitro benzene ring substituents is 1. The van der Waals surface area contributed by atoms with Crippen molar-refractivity contribution in [3.63, 3.8) is 0 Å². The summed E-state index contributed by atoms with van der Waals surface area (Å²) in [6, 6.07) is 13.3. The van der Waals surface area contributed by atoms with Crippen LogP contribution < -0.4 is 9.62 Å². The molecular formula is C18H14FN3O5S2. The highest BCUT2D eigenvalue weighted by Crippen LogP contribution is 2.28. The van der Waals surface area contributed by atoms with Crippen molar-refractivity contribution in [2.45, 2.75) is 4.21 Å². The highest BCUT2D eigenvalue weighted by atomic mass is 32.2. The van der Waals surface area contributed by atoms with E-state index in [0.717, 1.165) is 23.5 Å². The minimum Gasteiger partial charge on any atom is -0.324 e. The SMILES string of the molecule is O=C(CN(c1ccccc1F)S(=O)(=O)c1cccs1)Nc1cccc([N+](=O)[O-])c1. The Morgan fingerprint density at radius 3 is 2.55 bits per heavy atom. The quantitative estimate of drug-likeness (QED) is 0.450. The normalized spacial score (nSPS) is 11.1. The molecule has 1 N–H and O–H groups in total. The largest absolute Gasteiger partial charge is 0.324 e. The van der Waals surface area contributed by atoms with Gasteiger partial charge in [0.15, 0.2) is 0 Å². The number of rotatable bonds is 7. The van der Waals surface area contributed by atoms with Crippen molar-refractivity contribution in [2.24, 2.45) is 0 Å². The first-order valence-electron chi connectivity index (χ1n) is 8.14. The van der Waals surface area contributed by atoms with Crippen LogP contribution in [-0.4, -0.2) is 25.8 Å². The Balaban J connectivity index is 1.92. The van der Waals surface area contributed by atoms with Gasteiger partial charge in [-0.2, -0.15) is 0 Å². The molecule has 0 atom stereocenters. The number of nitro benzene ring substituents is 1. The first kappa shape index (κ1) is 20.4. The van der Waals surface area contributed by atoms with Crippen LogP contribution in [0.3, 0.4) is 0 Å². The van der Waals surface area contributed by atoms with Crippen LogP contribution in [0.5, 0.6) is 0 Å². The number of para-hydroxylation sites is 1. The second-order valence-electron chi connectivity index (χ2n) is 5.75. The standard InChI is InChI=1S/C18H14FN3O5S2/c19-15-7-1-2-8-16(15)21(29(26,27)18-9-4-10-28-18)12-17(23)20-13-5-3-6-14(11-13)22(24)25/h1-11H,12H2,(H,20,23). The zero-order valence-corrected chi connectivity index (χ0v) is 16.3. The number of amides is 1. The fourth-order valence-corrected chi connectivity index (χ4v) is 5.03. The summed E-state index contributed by atoms with van der Waals surface area (Å²) in [6.45, 7) is -0.718. The molecule has 11 heteroatoms. The number of nitro groups is 1. The van der Waals surface area contributed by atoms with Gasteiger partial charge in [0, 0.05) is 17.8 Å². The van der Waals surface area contributed by atoms with E-state index in [2.05, 4.69) is 5.32 Å². The van der Waals surface area contributed by atoms with E-state index in [-0.39, 0.29) is 21.3 Å². The molecule has 29 heavy (non-hydrogen) atoms. The van der Waals surface area contributed by atoms with E-state index >= 15 is 0 Å². The molecule has 0 aliphatic rings. The van der Waals surface area contributed by atoms with Gasteiger partial charge >= 0.3 is 0 Å². The maximum absolute atomic E-state index is 14.3. The van der Waals surface area contributed by atoms with Gasteiger partial charge < -0.3 is 5.32 Å².